The maximum absolute atomic E-state index is 5.23. The van der Waals surface area contributed by atoms with Crippen molar-refractivity contribution in [1.29, 1.82) is 0 Å². The van der Waals surface area contributed by atoms with E-state index in [1.807, 2.05) is 60.7 Å². The normalized spacial score (nSPS) is 14.6. The van der Waals surface area contributed by atoms with E-state index in [0.29, 0.717) is 11.6 Å². The average molecular weight is 819 g/mol. The van der Waals surface area contributed by atoms with Crippen LogP contribution in [0, 0.1) is 0 Å². The second kappa shape index (κ2) is 14.5. The van der Waals surface area contributed by atoms with Crippen LogP contribution in [0.1, 0.15) is 45.2 Å². The van der Waals surface area contributed by atoms with Crippen LogP contribution in [0.5, 0.6) is 0 Å². The van der Waals surface area contributed by atoms with Gasteiger partial charge in [0.05, 0.1) is 44.8 Å². The molecule has 298 valence electrons. The fraction of sp³-hybridized carbons (Fsp3) is 0.0357. The third-order valence-electron chi connectivity index (χ3n) is 12.7. The Bertz CT molecular complexity index is 3400. The molecule has 0 amide bonds. The van der Waals surface area contributed by atoms with Crippen LogP contribution in [0.3, 0.4) is 0 Å². The molecule has 2 atom stereocenters. The van der Waals surface area contributed by atoms with Gasteiger partial charge in [0.25, 0.3) is 0 Å². The molecule has 3 aliphatic rings. The zero-order chi connectivity index (χ0) is 42.1. The minimum absolute atomic E-state index is 0.0403. The zero-order valence-electron chi connectivity index (χ0n) is 34.2. The van der Waals surface area contributed by atoms with Gasteiger partial charge in [-0.05, 0) is 69.8 Å². The van der Waals surface area contributed by atoms with Crippen molar-refractivity contribution in [3.63, 3.8) is 0 Å². The van der Waals surface area contributed by atoms with Gasteiger partial charge in [-0.25, -0.2) is 19.9 Å². The van der Waals surface area contributed by atoms with E-state index in [1.54, 1.807) is 24.8 Å². The number of para-hydroxylation sites is 2. The van der Waals surface area contributed by atoms with E-state index < -0.39 is 0 Å². The van der Waals surface area contributed by atoms with Crippen LogP contribution in [0.4, 0.5) is 0 Å². The molecule has 0 N–H and O–H groups in total. The zero-order valence-corrected chi connectivity index (χ0v) is 34.2. The predicted octanol–water partition coefficient (Wildman–Crippen LogP) is 12.1. The van der Waals surface area contributed by atoms with Crippen LogP contribution in [0.2, 0.25) is 0 Å². The molecule has 14 rings (SSSR count). The quantitative estimate of drug-likeness (QED) is 0.163. The molecule has 0 saturated heterocycles. The van der Waals surface area contributed by atoms with Crippen molar-refractivity contribution in [3.8, 4) is 67.8 Å². The highest BCUT2D eigenvalue weighted by Crippen LogP contribution is 2.56. The molecule has 2 unspecified atom stereocenters. The molecule has 11 aromatic rings. The van der Waals surface area contributed by atoms with Crippen LogP contribution in [-0.2, 0) is 0 Å². The Morgan fingerprint density at radius 1 is 0.281 bits per heavy atom. The number of fused-ring (bicyclic) bond motifs is 2. The fourth-order valence-electron chi connectivity index (χ4n) is 9.83. The predicted molar refractivity (Wildman–Crippen MR) is 251 cm³/mol. The number of hydrogen-bond donors (Lipinski definition) is 0. The van der Waals surface area contributed by atoms with E-state index in [4.69, 9.17) is 29.9 Å². The average Bonchev–Trinajstić information content (AvgIpc) is 3.38. The Hall–Kier alpha value is -8.62. The van der Waals surface area contributed by atoms with Crippen molar-refractivity contribution < 1.29 is 0 Å². The van der Waals surface area contributed by atoms with Crippen molar-refractivity contribution in [3.05, 3.63) is 228 Å². The maximum atomic E-state index is 5.23. The molecule has 2 bridgehead atoms. The topological polar surface area (TPSA) is 103 Å². The molecule has 0 aliphatic heterocycles. The molecule has 8 nitrogen and oxygen atoms in total. The van der Waals surface area contributed by atoms with Crippen LogP contribution >= 0.6 is 0 Å². The molecule has 0 fully saturated rings. The molecule has 7 aromatic carbocycles. The Morgan fingerprint density at radius 3 is 1.16 bits per heavy atom. The largest absolute Gasteiger partial charge is 0.253 e. The number of hydrogen-bond acceptors (Lipinski definition) is 8. The fourth-order valence-corrected chi connectivity index (χ4v) is 9.83. The van der Waals surface area contributed by atoms with Crippen molar-refractivity contribution in [2.75, 3.05) is 0 Å². The second-order valence-corrected chi connectivity index (χ2v) is 16.3. The highest BCUT2D eigenvalue weighted by molar-refractivity contribution is 5.92. The van der Waals surface area contributed by atoms with Gasteiger partial charge in [0, 0.05) is 70.0 Å². The first-order valence-electron chi connectivity index (χ1n) is 21.4. The number of benzene rings is 7. The van der Waals surface area contributed by atoms with Crippen molar-refractivity contribution in [2.45, 2.75) is 11.8 Å². The SMILES string of the molecule is c1ccc(-c2nc(-c3ccc4c(c3)C3c5ccccc5C4c4cc(-c5cc(-c6cccc7nccnc67)nc(-c6ccccc6)n5)ccc43)cc(-c3cccc4nccnc34)n2)cc1. The summed E-state index contributed by atoms with van der Waals surface area (Å²) in [6.07, 6.45) is 6.92. The Balaban J connectivity index is 0.955. The number of aromatic nitrogens is 8. The van der Waals surface area contributed by atoms with Crippen molar-refractivity contribution in [1.82, 2.24) is 39.9 Å². The number of nitrogens with zero attached hydrogens (tertiary/aromatic N) is 8. The van der Waals surface area contributed by atoms with Gasteiger partial charge >= 0.3 is 0 Å². The van der Waals surface area contributed by atoms with Crippen molar-refractivity contribution >= 4 is 22.1 Å². The Morgan fingerprint density at radius 2 is 0.688 bits per heavy atom. The maximum Gasteiger partial charge on any atom is 0.160 e. The molecule has 4 aromatic heterocycles. The lowest BCUT2D eigenvalue weighted by Crippen LogP contribution is -2.27. The lowest BCUT2D eigenvalue weighted by molar-refractivity contribution is 0.755. The van der Waals surface area contributed by atoms with Crippen LogP contribution in [-0.4, -0.2) is 39.9 Å². The van der Waals surface area contributed by atoms with Gasteiger partial charge in [0.2, 0.25) is 0 Å². The third kappa shape index (κ3) is 5.84. The summed E-state index contributed by atoms with van der Waals surface area (Å²) in [5, 5.41) is 0. The van der Waals surface area contributed by atoms with Crippen molar-refractivity contribution in [2.24, 2.45) is 0 Å². The molecular weight excluding hydrogens is 785 g/mol. The monoisotopic (exact) mass is 818 g/mol. The molecule has 0 spiro atoms. The van der Waals surface area contributed by atoms with E-state index in [1.165, 1.54) is 33.4 Å². The van der Waals surface area contributed by atoms with E-state index in [-0.39, 0.29) is 11.8 Å². The Labute approximate surface area is 368 Å². The van der Waals surface area contributed by atoms with Gasteiger partial charge in [-0.2, -0.15) is 0 Å². The molecule has 64 heavy (non-hydrogen) atoms. The summed E-state index contributed by atoms with van der Waals surface area (Å²) >= 11 is 0. The molecule has 8 heteroatoms. The minimum Gasteiger partial charge on any atom is -0.253 e. The van der Waals surface area contributed by atoms with Crippen LogP contribution < -0.4 is 0 Å². The lowest BCUT2D eigenvalue weighted by atomic mass is 9.60. The van der Waals surface area contributed by atoms with Gasteiger partial charge in [0.15, 0.2) is 11.6 Å². The lowest BCUT2D eigenvalue weighted by Gasteiger charge is -2.42. The summed E-state index contributed by atoms with van der Waals surface area (Å²) < 4.78 is 0. The Kier molecular flexibility index (Phi) is 8.17. The highest BCUT2D eigenvalue weighted by atomic mass is 14.9. The summed E-state index contributed by atoms with van der Waals surface area (Å²) in [5.41, 5.74) is 20.3. The minimum atomic E-state index is 0.0403. The van der Waals surface area contributed by atoms with E-state index in [9.17, 15) is 0 Å². The van der Waals surface area contributed by atoms with Gasteiger partial charge in [-0.15, -0.1) is 0 Å². The smallest absolute Gasteiger partial charge is 0.160 e. The molecular formula is C56H34N8. The summed E-state index contributed by atoms with van der Waals surface area (Å²) in [5.74, 6) is 1.40. The van der Waals surface area contributed by atoms with E-state index in [2.05, 4.69) is 119 Å². The highest BCUT2D eigenvalue weighted by Gasteiger charge is 2.41. The number of rotatable bonds is 6. The summed E-state index contributed by atoms with van der Waals surface area (Å²) in [6, 6.07) is 59.4. The van der Waals surface area contributed by atoms with E-state index >= 15 is 0 Å². The first kappa shape index (κ1) is 36.1. The van der Waals surface area contributed by atoms with Gasteiger partial charge in [-0.3, -0.25) is 19.9 Å². The van der Waals surface area contributed by atoms with E-state index in [0.717, 1.165) is 78.2 Å². The van der Waals surface area contributed by atoms with Gasteiger partial charge in [-0.1, -0.05) is 133 Å². The summed E-state index contributed by atoms with van der Waals surface area (Å²) in [7, 11) is 0. The molecule has 4 heterocycles. The molecule has 3 aliphatic carbocycles. The molecule has 0 radical (unpaired) electrons. The second-order valence-electron chi connectivity index (χ2n) is 16.3. The third-order valence-corrected chi connectivity index (χ3v) is 12.7. The molecule has 0 saturated carbocycles. The standard InChI is InChI=1S/C56H34N8/c1-3-11-33(12-4-1)55-61-47(31-49(63-55)41-17-9-19-45-53(41)59-27-25-57-45)35-21-23-39-43(29-35)51-37-15-7-8-16-38(37)52(39)44-30-36(22-24-40(44)51)48-32-50(64-56(62-48)34-13-5-2-6-14-34)42-18-10-20-46-54(42)60-28-26-58-46/h1-32,51-52H. The van der Waals surface area contributed by atoms with Gasteiger partial charge in [0.1, 0.15) is 0 Å². The first-order valence-corrected chi connectivity index (χ1v) is 21.4. The summed E-state index contributed by atoms with van der Waals surface area (Å²) in [6.45, 7) is 0. The van der Waals surface area contributed by atoms with Crippen LogP contribution in [0.25, 0.3) is 89.9 Å². The van der Waals surface area contributed by atoms with Gasteiger partial charge < -0.3 is 0 Å². The summed E-state index contributed by atoms with van der Waals surface area (Å²) in [4.78, 5) is 39.4. The first-order chi connectivity index (χ1) is 31.7. The van der Waals surface area contributed by atoms with Crippen LogP contribution in [0.15, 0.2) is 195 Å².